The maximum Gasteiger partial charge on any atom is 0.263 e. The monoisotopic (exact) mass is 323 g/mol. The van der Waals surface area contributed by atoms with Crippen molar-refractivity contribution in [1.29, 1.82) is 0 Å². The molecule has 1 aliphatic heterocycles. The van der Waals surface area contributed by atoms with E-state index in [1.54, 1.807) is 5.51 Å². The van der Waals surface area contributed by atoms with Crippen LogP contribution in [0.15, 0.2) is 5.51 Å². The van der Waals surface area contributed by atoms with Gasteiger partial charge >= 0.3 is 0 Å². The summed E-state index contributed by atoms with van der Waals surface area (Å²) in [6.07, 6.45) is 2.60. The number of hydrogen-bond acceptors (Lipinski definition) is 4. The molecule has 0 radical (unpaired) electrons. The lowest BCUT2D eigenvalue weighted by Gasteiger charge is -2.32. The number of nitrogens with zero attached hydrogens (tertiary/aromatic N) is 2. The summed E-state index contributed by atoms with van der Waals surface area (Å²) in [6.45, 7) is 13.9. The second-order valence-corrected chi connectivity index (χ2v) is 8.52. The summed E-state index contributed by atoms with van der Waals surface area (Å²) in [5.74, 6) is 0.788. The zero-order chi connectivity index (χ0) is 16.3. The second kappa shape index (κ2) is 7.09. The van der Waals surface area contributed by atoms with Gasteiger partial charge in [-0.2, -0.15) is 0 Å². The Balaban J connectivity index is 1.93. The molecule has 2 heterocycles. The lowest BCUT2D eigenvalue weighted by Crippen LogP contribution is -2.45. The largest absolute Gasteiger partial charge is 0.348 e. The highest BCUT2D eigenvalue weighted by atomic mass is 32.1. The predicted octanol–water partition coefficient (Wildman–Crippen LogP) is 3.29. The minimum Gasteiger partial charge on any atom is -0.348 e. The Morgan fingerprint density at radius 2 is 2.27 bits per heavy atom. The molecule has 0 saturated carbocycles. The fourth-order valence-corrected chi connectivity index (χ4v) is 4.02. The van der Waals surface area contributed by atoms with E-state index >= 15 is 0 Å². The highest BCUT2D eigenvalue weighted by Gasteiger charge is 2.26. The third-order valence-corrected chi connectivity index (χ3v) is 4.96. The van der Waals surface area contributed by atoms with Crippen molar-refractivity contribution in [2.24, 2.45) is 5.92 Å². The van der Waals surface area contributed by atoms with Crippen LogP contribution < -0.4 is 5.32 Å². The van der Waals surface area contributed by atoms with Gasteiger partial charge in [0.2, 0.25) is 0 Å². The number of likely N-dealkylation sites (tertiary alicyclic amines) is 1. The van der Waals surface area contributed by atoms with Crippen molar-refractivity contribution in [1.82, 2.24) is 15.2 Å². The molecule has 5 heteroatoms. The number of hydrogen-bond donors (Lipinski definition) is 1. The van der Waals surface area contributed by atoms with E-state index in [1.807, 2.05) is 0 Å². The van der Waals surface area contributed by atoms with Gasteiger partial charge in [0.05, 0.1) is 11.2 Å². The Hall–Kier alpha value is -0.940. The molecular formula is C17H29N3OS. The topological polar surface area (TPSA) is 45.2 Å². The molecule has 2 rings (SSSR count). The number of carbonyl (C=O) groups excluding carboxylic acids is 1. The summed E-state index contributed by atoms with van der Waals surface area (Å²) in [5, 5.41) is 3.15. The van der Waals surface area contributed by atoms with Crippen LogP contribution in [0, 0.1) is 5.92 Å². The zero-order valence-electron chi connectivity index (χ0n) is 14.5. The molecule has 0 spiro atoms. The maximum absolute atomic E-state index is 12.5. The molecule has 124 valence electrons. The fraction of sp³-hybridized carbons (Fsp3) is 0.765. The average molecular weight is 324 g/mol. The van der Waals surface area contributed by atoms with Crippen molar-refractivity contribution in [3.63, 3.8) is 0 Å². The number of nitrogens with one attached hydrogen (secondary N) is 1. The molecule has 1 saturated heterocycles. The van der Waals surface area contributed by atoms with Gasteiger partial charge < -0.3 is 10.2 Å². The average Bonchev–Trinajstić information content (AvgIpc) is 2.87. The first-order valence-corrected chi connectivity index (χ1v) is 9.12. The second-order valence-electron chi connectivity index (χ2n) is 7.66. The molecule has 1 aromatic heterocycles. The van der Waals surface area contributed by atoms with Gasteiger partial charge in [0.1, 0.15) is 4.88 Å². The molecule has 2 atom stereocenters. The summed E-state index contributed by atoms with van der Waals surface area (Å²) in [4.78, 5) is 20.1. The van der Waals surface area contributed by atoms with Crippen molar-refractivity contribution in [3.05, 3.63) is 16.1 Å². The van der Waals surface area contributed by atoms with E-state index < -0.39 is 0 Å². The third-order valence-electron chi connectivity index (χ3n) is 4.13. The number of rotatable bonds is 4. The Kier molecular flexibility index (Phi) is 5.61. The maximum atomic E-state index is 12.5. The van der Waals surface area contributed by atoms with Crippen molar-refractivity contribution in [2.75, 3.05) is 19.6 Å². The van der Waals surface area contributed by atoms with Crippen LogP contribution >= 0.6 is 11.3 Å². The molecule has 0 aliphatic carbocycles. The standard InChI is InChI=1S/C17H29N3OS/c1-12-7-6-8-20(9-12)10-13(2)19-16(21)14-15(17(3,4)5)18-11-22-14/h11-13H,6-10H2,1-5H3,(H,19,21)/t12-,13+/m1/s1. The molecule has 22 heavy (non-hydrogen) atoms. The van der Waals surface area contributed by atoms with Crippen molar-refractivity contribution < 1.29 is 4.79 Å². The molecular weight excluding hydrogens is 294 g/mol. The van der Waals surface area contributed by atoms with E-state index in [9.17, 15) is 4.79 Å². The SMILES string of the molecule is C[C@@H]1CCCN(C[C@H](C)NC(=O)c2scnc2C(C)(C)C)C1. The zero-order valence-corrected chi connectivity index (χ0v) is 15.3. The van der Waals surface area contributed by atoms with Gasteiger partial charge in [-0.05, 0) is 32.2 Å². The minimum atomic E-state index is -0.0990. The van der Waals surface area contributed by atoms with Crippen LogP contribution in [0.2, 0.25) is 0 Å². The van der Waals surface area contributed by atoms with Crippen LogP contribution in [0.1, 0.15) is 62.8 Å². The van der Waals surface area contributed by atoms with Crippen LogP contribution in [0.3, 0.4) is 0 Å². The van der Waals surface area contributed by atoms with Crippen molar-refractivity contribution in [2.45, 2.75) is 58.9 Å². The van der Waals surface area contributed by atoms with Crippen molar-refractivity contribution >= 4 is 17.2 Å². The number of carbonyl (C=O) groups is 1. The Bertz CT molecular complexity index is 506. The van der Waals surface area contributed by atoms with Gasteiger partial charge in [-0.1, -0.05) is 27.7 Å². The number of aromatic nitrogens is 1. The first kappa shape index (κ1) is 17.4. The molecule has 1 amide bonds. The van der Waals surface area contributed by atoms with E-state index in [4.69, 9.17) is 0 Å². The van der Waals surface area contributed by atoms with Gasteiger partial charge in [0, 0.05) is 24.5 Å². The summed E-state index contributed by atoms with van der Waals surface area (Å²) < 4.78 is 0. The molecule has 1 fully saturated rings. The van der Waals surface area contributed by atoms with E-state index in [1.165, 1.54) is 24.2 Å². The molecule has 4 nitrogen and oxygen atoms in total. The smallest absolute Gasteiger partial charge is 0.263 e. The predicted molar refractivity (Wildman–Crippen MR) is 92.6 cm³/mol. The van der Waals surface area contributed by atoms with E-state index in [-0.39, 0.29) is 17.4 Å². The third kappa shape index (κ3) is 4.53. The highest BCUT2D eigenvalue weighted by Crippen LogP contribution is 2.27. The van der Waals surface area contributed by atoms with E-state index in [2.05, 4.69) is 49.8 Å². The summed E-state index contributed by atoms with van der Waals surface area (Å²) in [5.41, 5.74) is 2.57. The van der Waals surface area contributed by atoms with Gasteiger partial charge in [-0.25, -0.2) is 4.98 Å². The quantitative estimate of drug-likeness (QED) is 0.925. The summed E-state index contributed by atoms with van der Waals surface area (Å²) in [7, 11) is 0. The lowest BCUT2D eigenvalue weighted by molar-refractivity contribution is 0.0921. The molecule has 0 aromatic carbocycles. The van der Waals surface area contributed by atoms with Gasteiger partial charge in [0.15, 0.2) is 0 Å². The first-order chi connectivity index (χ1) is 10.3. The first-order valence-electron chi connectivity index (χ1n) is 8.24. The van der Waals surface area contributed by atoms with Gasteiger partial charge in [-0.3, -0.25) is 4.79 Å². The fourth-order valence-electron chi connectivity index (χ4n) is 3.12. The summed E-state index contributed by atoms with van der Waals surface area (Å²) >= 11 is 1.44. The molecule has 1 aliphatic rings. The Labute approximate surface area is 138 Å². The highest BCUT2D eigenvalue weighted by molar-refractivity contribution is 7.11. The molecule has 0 bridgehead atoms. The Morgan fingerprint density at radius 1 is 1.55 bits per heavy atom. The molecule has 1 aromatic rings. The van der Waals surface area contributed by atoms with Gasteiger partial charge in [0.25, 0.3) is 5.91 Å². The minimum absolute atomic E-state index is 0.0185. The Morgan fingerprint density at radius 3 is 2.91 bits per heavy atom. The number of amides is 1. The number of piperidine rings is 1. The van der Waals surface area contributed by atoms with Gasteiger partial charge in [-0.15, -0.1) is 11.3 Å². The van der Waals surface area contributed by atoms with Crippen LogP contribution in [-0.2, 0) is 5.41 Å². The van der Waals surface area contributed by atoms with E-state index in [0.29, 0.717) is 0 Å². The van der Waals surface area contributed by atoms with Crippen LogP contribution in [0.4, 0.5) is 0 Å². The van der Waals surface area contributed by atoms with E-state index in [0.717, 1.165) is 36.1 Å². The van der Waals surface area contributed by atoms with Crippen LogP contribution in [-0.4, -0.2) is 41.5 Å². The van der Waals surface area contributed by atoms with Crippen LogP contribution in [0.5, 0.6) is 0 Å². The normalized spacial score (nSPS) is 21.6. The van der Waals surface area contributed by atoms with Crippen molar-refractivity contribution in [3.8, 4) is 0 Å². The molecule has 1 N–H and O–H groups in total. The molecule has 0 unspecified atom stereocenters. The lowest BCUT2D eigenvalue weighted by atomic mass is 9.91. The summed E-state index contributed by atoms with van der Waals surface area (Å²) in [6, 6.07) is 0.160. The number of thiazole rings is 1. The van der Waals surface area contributed by atoms with Crippen LogP contribution in [0.25, 0.3) is 0 Å².